The molecule has 0 aliphatic heterocycles. The molecule has 32 heavy (non-hydrogen) atoms. The molecule has 0 spiro atoms. The monoisotopic (exact) mass is 426 g/mol. The Hall–Kier alpha value is -3.92. The normalized spacial score (nSPS) is 10.3. The lowest BCUT2D eigenvalue weighted by Crippen LogP contribution is -2.04. The minimum absolute atomic E-state index is 0.229. The fourth-order valence-electron chi connectivity index (χ4n) is 3.26. The van der Waals surface area contributed by atoms with Gasteiger partial charge in [-0.25, -0.2) is 9.59 Å². The second kappa shape index (κ2) is 10.4. The Bertz CT molecular complexity index is 1140. The zero-order valence-electron chi connectivity index (χ0n) is 18.4. The van der Waals surface area contributed by atoms with Gasteiger partial charge in [0.05, 0.1) is 0 Å². The van der Waals surface area contributed by atoms with Crippen LogP contribution in [0.3, 0.4) is 0 Å². The zero-order chi connectivity index (χ0) is 23.1. The molecule has 0 heterocycles. The van der Waals surface area contributed by atoms with E-state index in [2.05, 4.69) is 37.4 Å². The number of carbonyl (C=O) groups is 2. The first kappa shape index (κ1) is 22.8. The van der Waals surface area contributed by atoms with Crippen molar-refractivity contribution >= 4 is 11.9 Å². The molecule has 162 valence electrons. The molecule has 3 aromatic carbocycles. The van der Waals surface area contributed by atoms with Gasteiger partial charge in [-0.05, 0) is 52.8 Å². The molecule has 3 rings (SSSR count). The summed E-state index contributed by atoms with van der Waals surface area (Å²) in [6.45, 7) is 11.1. The van der Waals surface area contributed by atoms with E-state index < -0.39 is 5.97 Å². The van der Waals surface area contributed by atoms with Crippen LogP contribution in [0.5, 0.6) is 0 Å². The summed E-state index contributed by atoms with van der Waals surface area (Å²) in [4.78, 5) is 22.8. The van der Waals surface area contributed by atoms with Gasteiger partial charge in [-0.15, -0.1) is 0 Å². The topological polar surface area (TPSA) is 52.6 Å². The fraction of sp³-hybridized carbons (Fsp3) is 0.143. The van der Waals surface area contributed by atoms with Gasteiger partial charge in [-0.1, -0.05) is 79.9 Å². The number of ether oxygens (including phenoxy) is 2. The van der Waals surface area contributed by atoms with Crippen LogP contribution in [-0.2, 0) is 32.3 Å². The van der Waals surface area contributed by atoms with Crippen molar-refractivity contribution in [2.24, 2.45) is 0 Å². The van der Waals surface area contributed by atoms with Crippen LogP contribution in [0.4, 0.5) is 0 Å². The first-order chi connectivity index (χ1) is 15.4. The van der Waals surface area contributed by atoms with Gasteiger partial charge in [0.2, 0.25) is 0 Å². The molecule has 0 unspecified atom stereocenters. The largest absolute Gasteiger partial charge is 0.458 e. The van der Waals surface area contributed by atoms with Gasteiger partial charge in [-0.3, -0.25) is 0 Å². The van der Waals surface area contributed by atoms with Crippen LogP contribution in [0.2, 0.25) is 0 Å². The SMILES string of the molecule is C=CC(=O)OCc1ccc(-c2ccc(-c3ccc(COC(=O)C(=C)C)cc3)cc2)c(C)c1. The lowest BCUT2D eigenvalue weighted by Gasteiger charge is -2.11. The van der Waals surface area contributed by atoms with E-state index in [9.17, 15) is 9.59 Å². The third-order valence-electron chi connectivity index (χ3n) is 5.04. The molecule has 0 aromatic heterocycles. The van der Waals surface area contributed by atoms with Crippen molar-refractivity contribution in [1.82, 2.24) is 0 Å². The van der Waals surface area contributed by atoms with E-state index in [1.54, 1.807) is 6.92 Å². The van der Waals surface area contributed by atoms with Crippen molar-refractivity contribution < 1.29 is 19.1 Å². The van der Waals surface area contributed by atoms with E-state index >= 15 is 0 Å². The highest BCUT2D eigenvalue weighted by molar-refractivity contribution is 5.86. The minimum Gasteiger partial charge on any atom is -0.458 e. The van der Waals surface area contributed by atoms with Crippen LogP contribution in [0.15, 0.2) is 91.5 Å². The lowest BCUT2D eigenvalue weighted by atomic mass is 9.96. The van der Waals surface area contributed by atoms with Gasteiger partial charge >= 0.3 is 11.9 Å². The maximum atomic E-state index is 11.5. The van der Waals surface area contributed by atoms with Gasteiger partial charge in [0, 0.05) is 11.6 Å². The molecule has 3 aromatic rings. The van der Waals surface area contributed by atoms with Gasteiger partial charge in [0.25, 0.3) is 0 Å². The molecule has 4 heteroatoms. The number of carbonyl (C=O) groups excluding carboxylic acids is 2. The highest BCUT2D eigenvalue weighted by atomic mass is 16.5. The smallest absolute Gasteiger partial charge is 0.333 e. The summed E-state index contributed by atoms with van der Waals surface area (Å²) >= 11 is 0. The number of hydrogen-bond donors (Lipinski definition) is 0. The van der Waals surface area contributed by atoms with E-state index in [4.69, 9.17) is 9.47 Å². The van der Waals surface area contributed by atoms with E-state index in [0.717, 1.165) is 45.0 Å². The maximum Gasteiger partial charge on any atom is 0.333 e. The predicted octanol–water partition coefficient (Wildman–Crippen LogP) is 6.18. The number of benzene rings is 3. The highest BCUT2D eigenvalue weighted by Gasteiger charge is 2.07. The average Bonchev–Trinajstić information content (AvgIpc) is 2.81. The number of hydrogen-bond acceptors (Lipinski definition) is 4. The summed E-state index contributed by atoms with van der Waals surface area (Å²) in [6, 6.07) is 22.3. The fourth-order valence-corrected chi connectivity index (χ4v) is 3.26. The van der Waals surface area contributed by atoms with Crippen LogP contribution in [0, 0.1) is 6.92 Å². The van der Waals surface area contributed by atoms with Crippen LogP contribution >= 0.6 is 0 Å². The van der Waals surface area contributed by atoms with Gasteiger partial charge in [-0.2, -0.15) is 0 Å². The molecule has 0 saturated heterocycles. The lowest BCUT2D eigenvalue weighted by molar-refractivity contribution is -0.140. The number of rotatable bonds is 8. The number of aryl methyl sites for hydroxylation is 1. The standard InChI is InChI=1S/C28H26O4/c1-5-27(29)31-18-22-8-15-26(20(4)16-22)25-13-11-24(12-14-25)23-9-6-21(7-10-23)17-32-28(30)19(2)3/h5-16H,1-2,17-18H2,3-4H3. The van der Waals surface area contributed by atoms with Crippen molar-refractivity contribution in [2.45, 2.75) is 27.1 Å². The predicted molar refractivity (Wildman–Crippen MR) is 127 cm³/mol. The Balaban J connectivity index is 1.68. The van der Waals surface area contributed by atoms with Crippen molar-refractivity contribution in [3.05, 3.63) is 108 Å². The van der Waals surface area contributed by atoms with Crippen molar-refractivity contribution in [1.29, 1.82) is 0 Å². The molecule has 4 nitrogen and oxygen atoms in total. The van der Waals surface area contributed by atoms with Crippen LogP contribution < -0.4 is 0 Å². The van der Waals surface area contributed by atoms with Crippen molar-refractivity contribution in [3.63, 3.8) is 0 Å². The first-order valence-electron chi connectivity index (χ1n) is 10.3. The van der Waals surface area contributed by atoms with E-state index in [1.807, 2.05) is 49.4 Å². The second-order valence-corrected chi connectivity index (χ2v) is 7.59. The summed E-state index contributed by atoms with van der Waals surface area (Å²) in [7, 11) is 0. The third kappa shape index (κ3) is 5.82. The molecular weight excluding hydrogens is 400 g/mol. The van der Waals surface area contributed by atoms with Gasteiger partial charge in [0.15, 0.2) is 0 Å². The minimum atomic E-state index is -0.428. The molecular formula is C28H26O4. The Morgan fingerprint density at radius 2 is 1.34 bits per heavy atom. The second-order valence-electron chi connectivity index (χ2n) is 7.59. The molecule has 0 fully saturated rings. The summed E-state index contributed by atoms with van der Waals surface area (Å²) in [5.41, 5.74) is 7.80. The molecule has 0 aliphatic carbocycles. The summed E-state index contributed by atoms with van der Waals surface area (Å²) < 4.78 is 10.3. The van der Waals surface area contributed by atoms with Gasteiger partial charge < -0.3 is 9.47 Å². The van der Waals surface area contributed by atoms with Crippen LogP contribution in [0.25, 0.3) is 22.3 Å². The summed E-state index contributed by atoms with van der Waals surface area (Å²) in [5.74, 6) is -0.811. The average molecular weight is 427 g/mol. The first-order valence-corrected chi connectivity index (χ1v) is 10.3. The van der Waals surface area contributed by atoms with E-state index in [1.165, 1.54) is 0 Å². The Kier molecular flexibility index (Phi) is 7.40. The van der Waals surface area contributed by atoms with Crippen molar-refractivity contribution in [3.8, 4) is 22.3 Å². The molecule has 0 aliphatic rings. The Morgan fingerprint density at radius 3 is 1.91 bits per heavy atom. The van der Waals surface area contributed by atoms with Gasteiger partial charge in [0.1, 0.15) is 13.2 Å². The highest BCUT2D eigenvalue weighted by Crippen LogP contribution is 2.28. The number of esters is 2. The maximum absolute atomic E-state index is 11.5. The molecule has 0 atom stereocenters. The molecule has 0 bridgehead atoms. The molecule has 0 amide bonds. The zero-order valence-corrected chi connectivity index (χ0v) is 18.4. The van der Waals surface area contributed by atoms with E-state index in [-0.39, 0.29) is 19.2 Å². The Morgan fingerprint density at radius 1 is 0.812 bits per heavy atom. The summed E-state index contributed by atoms with van der Waals surface area (Å²) in [6.07, 6.45) is 1.16. The van der Waals surface area contributed by atoms with Crippen LogP contribution in [0.1, 0.15) is 23.6 Å². The molecule has 0 saturated carbocycles. The summed E-state index contributed by atoms with van der Waals surface area (Å²) in [5, 5.41) is 0. The quantitative estimate of drug-likeness (QED) is 0.319. The van der Waals surface area contributed by atoms with Crippen LogP contribution in [-0.4, -0.2) is 11.9 Å². The van der Waals surface area contributed by atoms with Crippen molar-refractivity contribution in [2.75, 3.05) is 0 Å². The molecule has 0 N–H and O–H groups in total. The molecule has 0 radical (unpaired) electrons. The van der Waals surface area contributed by atoms with E-state index in [0.29, 0.717) is 5.57 Å². The Labute approximate surface area is 188 Å². The third-order valence-corrected chi connectivity index (χ3v) is 5.04.